The van der Waals surface area contributed by atoms with Crippen LogP contribution in [0.2, 0.25) is 5.02 Å². The Morgan fingerprint density at radius 2 is 2.33 bits per heavy atom. The number of hydrogen-bond acceptors (Lipinski definition) is 4. The van der Waals surface area contributed by atoms with Gasteiger partial charge in [-0.25, -0.2) is 4.98 Å². The van der Waals surface area contributed by atoms with Gasteiger partial charge in [0.05, 0.1) is 22.8 Å². The minimum atomic E-state index is 0.459. The van der Waals surface area contributed by atoms with Crippen LogP contribution in [0.4, 0.5) is 0 Å². The SMILES string of the molecule is Cc1ncsc1CCOc1ccc(C=O)cc1Cl. The van der Waals surface area contributed by atoms with Crippen LogP contribution in [0.3, 0.4) is 0 Å². The number of ether oxygens (including phenoxy) is 1. The molecule has 94 valence electrons. The van der Waals surface area contributed by atoms with E-state index in [2.05, 4.69) is 4.98 Å². The van der Waals surface area contributed by atoms with Gasteiger partial charge < -0.3 is 4.74 Å². The molecule has 0 saturated heterocycles. The molecule has 0 saturated carbocycles. The second-order valence-electron chi connectivity index (χ2n) is 3.77. The number of thiazole rings is 1. The standard InChI is InChI=1S/C13H12ClNO2S/c1-9-13(18-8-15-9)4-5-17-12-3-2-10(7-16)6-11(12)14/h2-3,6-8H,4-5H2,1H3. The zero-order valence-electron chi connectivity index (χ0n) is 9.85. The summed E-state index contributed by atoms with van der Waals surface area (Å²) < 4.78 is 5.60. The van der Waals surface area contributed by atoms with Crippen LogP contribution in [0.1, 0.15) is 20.9 Å². The van der Waals surface area contributed by atoms with Crippen LogP contribution in [0.25, 0.3) is 0 Å². The summed E-state index contributed by atoms with van der Waals surface area (Å²) >= 11 is 7.63. The van der Waals surface area contributed by atoms with E-state index in [0.717, 1.165) is 18.4 Å². The Labute approximate surface area is 114 Å². The number of carbonyl (C=O) groups is 1. The Morgan fingerprint density at radius 3 is 2.94 bits per heavy atom. The van der Waals surface area contributed by atoms with Crippen molar-refractivity contribution in [3.63, 3.8) is 0 Å². The third kappa shape index (κ3) is 3.09. The molecule has 0 fully saturated rings. The summed E-state index contributed by atoms with van der Waals surface area (Å²) in [6.45, 7) is 2.53. The second kappa shape index (κ2) is 5.98. The number of halogens is 1. The molecule has 0 aliphatic rings. The summed E-state index contributed by atoms with van der Waals surface area (Å²) in [5.74, 6) is 0.601. The van der Waals surface area contributed by atoms with Gasteiger partial charge in [-0.2, -0.15) is 0 Å². The van der Waals surface area contributed by atoms with Crippen LogP contribution in [0.5, 0.6) is 5.75 Å². The van der Waals surface area contributed by atoms with Gasteiger partial charge in [0, 0.05) is 16.9 Å². The lowest BCUT2D eigenvalue weighted by atomic mass is 10.2. The molecule has 0 aliphatic heterocycles. The van der Waals surface area contributed by atoms with Gasteiger partial charge in [0.2, 0.25) is 0 Å². The topological polar surface area (TPSA) is 39.2 Å². The Morgan fingerprint density at radius 1 is 1.50 bits per heavy atom. The van der Waals surface area contributed by atoms with Crippen molar-refractivity contribution in [3.8, 4) is 5.75 Å². The fourth-order valence-corrected chi connectivity index (χ4v) is 2.53. The molecule has 0 bridgehead atoms. The predicted octanol–water partition coefficient (Wildman–Crippen LogP) is 3.54. The summed E-state index contributed by atoms with van der Waals surface area (Å²) in [6.07, 6.45) is 1.57. The van der Waals surface area contributed by atoms with Crippen molar-refractivity contribution in [1.29, 1.82) is 0 Å². The maximum atomic E-state index is 10.6. The zero-order chi connectivity index (χ0) is 13.0. The number of nitrogens with zero attached hydrogens (tertiary/aromatic N) is 1. The molecule has 2 aromatic rings. The first kappa shape index (κ1) is 13.1. The van der Waals surface area contributed by atoms with E-state index in [1.165, 1.54) is 4.88 Å². The number of aromatic nitrogens is 1. The van der Waals surface area contributed by atoms with Crippen molar-refractivity contribution in [2.24, 2.45) is 0 Å². The maximum absolute atomic E-state index is 10.6. The van der Waals surface area contributed by atoms with E-state index in [4.69, 9.17) is 16.3 Å². The molecule has 5 heteroatoms. The molecule has 1 heterocycles. The molecule has 0 radical (unpaired) electrons. The summed E-state index contributed by atoms with van der Waals surface area (Å²) in [5.41, 5.74) is 3.42. The summed E-state index contributed by atoms with van der Waals surface area (Å²) in [6, 6.07) is 5.00. The van der Waals surface area contributed by atoms with E-state index in [1.807, 2.05) is 12.4 Å². The fraction of sp³-hybridized carbons (Fsp3) is 0.231. The third-order valence-corrected chi connectivity index (χ3v) is 3.81. The van der Waals surface area contributed by atoms with Crippen LogP contribution >= 0.6 is 22.9 Å². The van der Waals surface area contributed by atoms with Crippen LogP contribution < -0.4 is 4.74 Å². The van der Waals surface area contributed by atoms with Crippen molar-refractivity contribution >= 4 is 29.2 Å². The first-order valence-electron chi connectivity index (χ1n) is 5.47. The maximum Gasteiger partial charge on any atom is 0.150 e. The summed E-state index contributed by atoms with van der Waals surface area (Å²) in [5, 5.41) is 0.459. The number of aryl methyl sites for hydroxylation is 1. The van der Waals surface area contributed by atoms with E-state index in [9.17, 15) is 4.79 Å². The average Bonchev–Trinajstić information content (AvgIpc) is 2.77. The molecule has 0 amide bonds. The quantitative estimate of drug-likeness (QED) is 0.787. The van der Waals surface area contributed by atoms with Crippen molar-refractivity contribution in [2.75, 3.05) is 6.61 Å². The second-order valence-corrected chi connectivity index (χ2v) is 5.11. The van der Waals surface area contributed by atoms with E-state index in [-0.39, 0.29) is 0 Å². The van der Waals surface area contributed by atoms with Gasteiger partial charge >= 0.3 is 0 Å². The van der Waals surface area contributed by atoms with E-state index in [0.29, 0.717) is 22.9 Å². The van der Waals surface area contributed by atoms with Gasteiger partial charge in [-0.05, 0) is 25.1 Å². The number of aldehydes is 1. The molecular formula is C13H12ClNO2S. The number of carbonyl (C=O) groups excluding carboxylic acids is 1. The molecule has 0 N–H and O–H groups in total. The number of hydrogen-bond donors (Lipinski definition) is 0. The van der Waals surface area contributed by atoms with Crippen LogP contribution in [-0.2, 0) is 6.42 Å². The lowest BCUT2D eigenvalue weighted by Crippen LogP contribution is -2.01. The molecule has 0 spiro atoms. The Bertz CT molecular complexity index is 554. The minimum Gasteiger partial charge on any atom is -0.492 e. The number of benzene rings is 1. The molecule has 18 heavy (non-hydrogen) atoms. The molecule has 2 rings (SSSR count). The largest absolute Gasteiger partial charge is 0.492 e. The minimum absolute atomic E-state index is 0.459. The molecule has 1 aromatic carbocycles. The Kier molecular flexibility index (Phi) is 4.33. The molecule has 0 aliphatic carbocycles. The van der Waals surface area contributed by atoms with E-state index >= 15 is 0 Å². The van der Waals surface area contributed by atoms with Crippen molar-refractivity contribution in [1.82, 2.24) is 4.98 Å². The Hall–Kier alpha value is -1.39. The first-order valence-corrected chi connectivity index (χ1v) is 6.73. The predicted molar refractivity (Wildman–Crippen MR) is 72.9 cm³/mol. The van der Waals surface area contributed by atoms with Crippen LogP contribution in [0.15, 0.2) is 23.7 Å². The summed E-state index contributed by atoms with van der Waals surface area (Å²) in [7, 11) is 0. The lowest BCUT2D eigenvalue weighted by Gasteiger charge is -2.07. The number of rotatable bonds is 5. The van der Waals surface area contributed by atoms with Gasteiger partial charge in [-0.15, -0.1) is 11.3 Å². The van der Waals surface area contributed by atoms with Crippen molar-refractivity contribution in [2.45, 2.75) is 13.3 Å². The monoisotopic (exact) mass is 281 g/mol. The highest BCUT2D eigenvalue weighted by Crippen LogP contribution is 2.25. The van der Waals surface area contributed by atoms with Gasteiger partial charge in [0.25, 0.3) is 0 Å². The average molecular weight is 282 g/mol. The highest BCUT2D eigenvalue weighted by Gasteiger charge is 2.05. The zero-order valence-corrected chi connectivity index (χ0v) is 11.4. The van der Waals surface area contributed by atoms with Crippen LogP contribution in [0, 0.1) is 6.92 Å². The first-order chi connectivity index (χ1) is 8.70. The molecule has 0 unspecified atom stereocenters. The summed E-state index contributed by atoms with van der Waals surface area (Å²) in [4.78, 5) is 16.0. The smallest absolute Gasteiger partial charge is 0.150 e. The molecule has 0 atom stereocenters. The van der Waals surface area contributed by atoms with Gasteiger partial charge in [0.1, 0.15) is 12.0 Å². The normalized spacial score (nSPS) is 10.3. The Balaban J connectivity index is 1.94. The van der Waals surface area contributed by atoms with Gasteiger partial charge in [-0.3, -0.25) is 4.79 Å². The van der Waals surface area contributed by atoms with E-state index < -0.39 is 0 Å². The van der Waals surface area contributed by atoms with Gasteiger partial charge in [-0.1, -0.05) is 11.6 Å². The fourth-order valence-electron chi connectivity index (χ4n) is 1.53. The highest BCUT2D eigenvalue weighted by atomic mass is 35.5. The molecule has 3 nitrogen and oxygen atoms in total. The molecule has 1 aromatic heterocycles. The van der Waals surface area contributed by atoms with Crippen molar-refractivity contribution in [3.05, 3.63) is 44.9 Å². The van der Waals surface area contributed by atoms with Crippen LogP contribution in [-0.4, -0.2) is 17.9 Å². The third-order valence-electron chi connectivity index (χ3n) is 2.52. The molecular weight excluding hydrogens is 270 g/mol. The highest BCUT2D eigenvalue weighted by molar-refractivity contribution is 7.09. The lowest BCUT2D eigenvalue weighted by molar-refractivity contribution is 0.112. The van der Waals surface area contributed by atoms with Crippen molar-refractivity contribution < 1.29 is 9.53 Å². The van der Waals surface area contributed by atoms with E-state index in [1.54, 1.807) is 29.5 Å². The van der Waals surface area contributed by atoms with Gasteiger partial charge in [0.15, 0.2) is 0 Å².